The van der Waals surface area contributed by atoms with Gasteiger partial charge in [0.2, 0.25) is 5.91 Å². The number of nitrogens with two attached hydrogens (primary N) is 1. The van der Waals surface area contributed by atoms with Crippen LogP contribution in [0, 0.1) is 5.41 Å². The predicted molar refractivity (Wildman–Crippen MR) is 81.8 cm³/mol. The number of rotatable bonds is 8. The lowest BCUT2D eigenvalue weighted by atomic mass is 9.92. The molecule has 0 aromatic heterocycles. The van der Waals surface area contributed by atoms with Crippen LogP contribution in [0.3, 0.4) is 0 Å². The maximum absolute atomic E-state index is 11.2. The van der Waals surface area contributed by atoms with Crippen molar-refractivity contribution in [1.29, 1.82) is 0 Å². The average molecular weight is 278 g/mol. The highest BCUT2D eigenvalue weighted by molar-refractivity contribution is 5.80. The van der Waals surface area contributed by atoms with Gasteiger partial charge < -0.3 is 15.8 Å². The summed E-state index contributed by atoms with van der Waals surface area (Å²) in [5, 5.41) is 3.37. The van der Waals surface area contributed by atoms with Crippen LogP contribution in [0.25, 0.3) is 0 Å². The molecule has 1 aromatic rings. The van der Waals surface area contributed by atoms with E-state index < -0.39 is 5.41 Å². The number of nitrogens with one attached hydrogen (secondary N) is 1. The van der Waals surface area contributed by atoms with E-state index in [1.54, 1.807) is 7.11 Å². The molecule has 4 heteroatoms. The van der Waals surface area contributed by atoms with Crippen molar-refractivity contribution in [1.82, 2.24) is 5.32 Å². The van der Waals surface area contributed by atoms with E-state index in [-0.39, 0.29) is 5.91 Å². The summed E-state index contributed by atoms with van der Waals surface area (Å²) in [6.07, 6.45) is 2.01. The van der Waals surface area contributed by atoms with Gasteiger partial charge in [-0.25, -0.2) is 0 Å². The minimum Gasteiger partial charge on any atom is -0.497 e. The molecule has 0 spiro atoms. The number of hydrogen-bond donors (Lipinski definition) is 2. The zero-order valence-corrected chi connectivity index (χ0v) is 12.9. The SMILES string of the molecule is COc1ccc(CCC(C)NCC(C)(C)C(N)=O)cc1. The summed E-state index contributed by atoms with van der Waals surface area (Å²) in [7, 11) is 1.67. The fourth-order valence-electron chi connectivity index (χ4n) is 1.79. The largest absolute Gasteiger partial charge is 0.497 e. The van der Waals surface area contributed by atoms with Crippen molar-refractivity contribution in [2.45, 2.75) is 39.7 Å². The van der Waals surface area contributed by atoms with Gasteiger partial charge in [-0.05, 0) is 51.3 Å². The maximum atomic E-state index is 11.2. The van der Waals surface area contributed by atoms with Gasteiger partial charge in [0.1, 0.15) is 5.75 Å². The van der Waals surface area contributed by atoms with Crippen molar-refractivity contribution in [3.8, 4) is 5.75 Å². The number of aryl methyl sites for hydroxylation is 1. The van der Waals surface area contributed by atoms with Gasteiger partial charge in [0.15, 0.2) is 0 Å². The van der Waals surface area contributed by atoms with Crippen LogP contribution in [-0.2, 0) is 11.2 Å². The lowest BCUT2D eigenvalue weighted by Crippen LogP contribution is -2.43. The van der Waals surface area contributed by atoms with Crippen molar-refractivity contribution in [3.63, 3.8) is 0 Å². The summed E-state index contributed by atoms with van der Waals surface area (Å²) in [6, 6.07) is 8.46. The van der Waals surface area contributed by atoms with Gasteiger partial charge in [0, 0.05) is 12.6 Å². The van der Waals surface area contributed by atoms with Crippen molar-refractivity contribution < 1.29 is 9.53 Å². The molecule has 0 fully saturated rings. The molecule has 1 aromatic carbocycles. The van der Waals surface area contributed by atoms with E-state index in [2.05, 4.69) is 24.4 Å². The van der Waals surface area contributed by atoms with Gasteiger partial charge in [-0.2, -0.15) is 0 Å². The second-order valence-corrected chi connectivity index (χ2v) is 5.92. The second kappa shape index (κ2) is 7.29. The number of benzene rings is 1. The Hall–Kier alpha value is -1.55. The number of amides is 1. The average Bonchev–Trinajstić information content (AvgIpc) is 2.43. The molecular weight excluding hydrogens is 252 g/mol. The third-order valence-corrected chi connectivity index (χ3v) is 3.58. The Morgan fingerprint density at radius 2 is 1.95 bits per heavy atom. The third kappa shape index (κ3) is 5.21. The Bertz CT molecular complexity index is 427. The molecule has 0 bridgehead atoms. The Morgan fingerprint density at radius 3 is 2.45 bits per heavy atom. The highest BCUT2D eigenvalue weighted by Gasteiger charge is 2.24. The normalized spacial score (nSPS) is 13.0. The highest BCUT2D eigenvalue weighted by atomic mass is 16.5. The predicted octanol–water partition coefficient (Wildman–Crippen LogP) is 2.12. The summed E-state index contributed by atoms with van der Waals surface area (Å²) in [5.41, 5.74) is 6.14. The molecule has 0 aliphatic rings. The lowest BCUT2D eigenvalue weighted by molar-refractivity contribution is -0.125. The molecule has 0 aliphatic carbocycles. The number of hydrogen-bond acceptors (Lipinski definition) is 3. The first-order chi connectivity index (χ1) is 9.35. The highest BCUT2D eigenvalue weighted by Crippen LogP contribution is 2.15. The van der Waals surface area contributed by atoms with Crippen molar-refractivity contribution in [3.05, 3.63) is 29.8 Å². The summed E-state index contributed by atoms with van der Waals surface area (Å²) >= 11 is 0. The molecule has 0 heterocycles. The molecule has 0 aliphatic heterocycles. The number of ether oxygens (including phenoxy) is 1. The van der Waals surface area contributed by atoms with Crippen LogP contribution >= 0.6 is 0 Å². The van der Waals surface area contributed by atoms with E-state index in [0.29, 0.717) is 12.6 Å². The Labute approximate surface area is 121 Å². The smallest absolute Gasteiger partial charge is 0.224 e. The van der Waals surface area contributed by atoms with Gasteiger partial charge >= 0.3 is 0 Å². The first-order valence-electron chi connectivity index (χ1n) is 7.01. The fourth-order valence-corrected chi connectivity index (χ4v) is 1.79. The zero-order chi connectivity index (χ0) is 15.2. The number of carbonyl (C=O) groups excluding carboxylic acids is 1. The van der Waals surface area contributed by atoms with Gasteiger partial charge in [0.05, 0.1) is 12.5 Å². The van der Waals surface area contributed by atoms with Crippen LogP contribution in [0.4, 0.5) is 0 Å². The quantitative estimate of drug-likeness (QED) is 0.765. The number of primary amides is 1. The van der Waals surface area contributed by atoms with E-state index in [1.807, 2.05) is 26.0 Å². The molecule has 1 amide bonds. The van der Waals surface area contributed by atoms with E-state index in [9.17, 15) is 4.79 Å². The molecular formula is C16H26N2O2. The summed E-state index contributed by atoms with van der Waals surface area (Å²) in [4.78, 5) is 11.2. The molecule has 4 nitrogen and oxygen atoms in total. The number of methoxy groups -OCH3 is 1. The standard InChI is InChI=1S/C16H26N2O2/c1-12(18-11-16(2,3)15(17)19)5-6-13-7-9-14(20-4)10-8-13/h7-10,12,18H,5-6,11H2,1-4H3,(H2,17,19). The van der Waals surface area contributed by atoms with Crippen molar-refractivity contribution in [2.75, 3.05) is 13.7 Å². The van der Waals surface area contributed by atoms with E-state index in [1.165, 1.54) is 5.56 Å². The second-order valence-electron chi connectivity index (χ2n) is 5.92. The van der Waals surface area contributed by atoms with Gasteiger partial charge in [-0.15, -0.1) is 0 Å². The third-order valence-electron chi connectivity index (χ3n) is 3.58. The number of carbonyl (C=O) groups is 1. The van der Waals surface area contributed by atoms with Gasteiger partial charge in [-0.1, -0.05) is 12.1 Å². The van der Waals surface area contributed by atoms with Crippen molar-refractivity contribution in [2.24, 2.45) is 11.1 Å². The van der Waals surface area contributed by atoms with Gasteiger partial charge in [-0.3, -0.25) is 4.79 Å². The minimum atomic E-state index is -0.506. The zero-order valence-electron chi connectivity index (χ0n) is 12.9. The summed E-state index contributed by atoms with van der Waals surface area (Å²) in [5.74, 6) is 0.607. The topological polar surface area (TPSA) is 64.3 Å². The van der Waals surface area contributed by atoms with Crippen LogP contribution < -0.4 is 15.8 Å². The van der Waals surface area contributed by atoms with Crippen LogP contribution in [0.2, 0.25) is 0 Å². The van der Waals surface area contributed by atoms with E-state index >= 15 is 0 Å². The summed E-state index contributed by atoms with van der Waals surface area (Å²) in [6.45, 7) is 6.45. The van der Waals surface area contributed by atoms with Crippen LogP contribution in [0.15, 0.2) is 24.3 Å². The van der Waals surface area contributed by atoms with E-state index in [0.717, 1.165) is 18.6 Å². The Balaban J connectivity index is 2.35. The summed E-state index contributed by atoms with van der Waals surface area (Å²) < 4.78 is 5.14. The monoisotopic (exact) mass is 278 g/mol. The Morgan fingerprint density at radius 1 is 1.35 bits per heavy atom. The first-order valence-corrected chi connectivity index (χ1v) is 7.01. The van der Waals surface area contributed by atoms with Gasteiger partial charge in [0.25, 0.3) is 0 Å². The molecule has 112 valence electrons. The Kier molecular flexibility index (Phi) is 6.02. The molecule has 20 heavy (non-hydrogen) atoms. The molecule has 3 N–H and O–H groups in total. The molecule has 0 radical (unpaired) electrons. The van der Waals surface area contributed by atoms with Crippen molar-refractivity contribution >= 4 is 5.91 Å². The molecule has 0 saturated heterocycles. The first kappa shape index (κ1) is 16.5. The molecule has 1 atom stereocenters. The van der Waals surface area contributed by atoms with E-state index in [4.69, 9.17) is 10.5 Å². The molecule has 1 unspecified atom stereocenters. The fraction of sp³-hybridized carbons (Fsp3) is 0.562. The van der Waals surface area contributed by atoms with Crippen LogP contribution in [-0.4, -0.2) is 25.6 Å². The minimum absolute atomic E-state index is 0.271. The maximum Gasteiger partial charge on any atom is 0.224 e. The van der Waals surface area contributed by atoms with Crippen LogP contribution in [0.1, 0.15) is 32.8 Å². The lowest BCUT2D eigenvalue weighted by Gasteiger charge is -2.24. The molecule has 1 rings (SSSR count). The molecule has 0 saturated carbocycles. The van der Waals surface area contributed by atoms with Crippen LogP contribution in [0.5, 0.6) is 5.75 Å².